The molecule has 0 radical (unpaired) electrons. The number of hydrogen-bond acceptors (Lipinski definition) is 3. The van der Waals surface area contributed by atoms with Crippen molar-refractivity contribution in [3.05, 3.63) is 60.2 Å². The molecule has 0 spiro atoms. The van der Waals surface area contributed by atoms with Gasteiger partial charge < -0.3 is 11.5 Å². The quantitative estimate of drug-likeness (QED) is 0.565. The molecule has 0 amide bonds. The second kappa shape index (κ2) is 6.24. The highest BCUT2D eigenvalue weighted by Crippen LogP contribution is 2.06. The first-order valence-corrected chi connectivity index (χ1v) is 4.83. The van der Waals surface area contributed by atoms with Gasteiger partial charge in [0.25, 0.3) is 0 Å². The van der Waals surface area contributed by atoms with Gasteiger partial charge in [-0.3, -0.25) is 4.79 Å². The Labute approximate surface area is 94.7 Å². The number of hydrogen-bond donors (Lipinski definition) is 2. The maximum Gasteiger partial charge on any atom is 0.150 e. The van der Waals surface area contributed by atoms with Gasteiger partial charge in [-0.1, -0.05) is 36.4 Å². The molecule has 0 aliphatic rings. The molecule has 0 unspecified atom stereocenters. The molecule has 0 saturated carbocycles. The Morgan fingerprint density at radius 2 is 1.38 bits per heavy atom. The minimum absolute atomic E-state index is 0.713. The van der Waals surface area contributed by atoms with Crippen molar-refractivity contribution in [3.8, 4) is 0 Å². The molecule has 3 nitrogen and oxygen atoms in total. The third-order valence-electron chi connectivity index (χ3n) is 1.85. The first kappa shape index (κ1) is 11.8. The molecule has 16 heavy (non-hydrogen) atoms. The smallest absolute Gasteiger partial charge is 0.150 e. The van der Waals surface area contributed by atoms with Crippen LogP contribution in [-0.2, 0) is 0 Å². The van der Waals surface area contributed by atoms with Crippen LogP contribution in [0.4, 0.5) is 11.4 Å². The second-order valence-corrected chi connectivity index (χ2v) is 3.20. The molecule has 4 N–H and O–H groups in total. The number of carbonyl (C=O) groups is 1. The maximum absolute atomic E-state index is 10.0. The zero-order valence-electron chi connectivity index (χ0n) is 8.84. The number of aldehydes is 1. The lowest BCUT2D eigenvalue weighted by Crippen LogP contribution is -1.87. The van der Waals surface area contributed by atoms with E-state index in [9.17, 15) is 4.79 Å². The van der Waals surface area contributed by atoms with E-state index in [2.05, 4.69) is 0 Å². The first-order chi connectivity index (χ1) is 7.72. The molecule has 0 aliphatic heterocycles. The Morgan fingerprint density at radius 3 is 1.69 bits per heavy atom. The number of nitrogen functional groups attached to an aromatic ring is 2. The lowest BCUT2D eigenvalue weighted by molar-refractivity contribution is 0.112. The predicted molar refractivity (Wildman–Crippen MR) is 67.1 cm³/mol. The van der Waals surface area contributed by atoms with Gasteiger partial charge in [-0.2, -0.15) is 0 Å². The molecule has 0 aromatic heterocycles. The average Bonchev–Trinajstić information content (AvgIpc) is 2.31. The highest BCUT2D eigenvalue weighted by Gasteiger charge is 1.81. The summed E-state index contributed by atoms with van der Waals surface area (Å²) in [5, 5.41) is 0. The molecule has 0 saturated heterocycles. The van der Waals surface area contributed by atoms with E-state index in [1.807, 2.05) is 24.3 Å². The summed E-state index contributed by atoms with van der Waals surface area (Å²) in [7, 11) is 0. The predicted octanol–water partition coefficient (Wildman–Crippen LogP) is 2.35. The van der Waals surface area contributed by atoms with Crippen LogP contribution in [0.2, 0.25) is 0 Å². The van der Waals surface area contributed by atoms with Crippen molar-refractivity contribution in [1.82, 2.24) is 0 Å². The van der Waals surface area contributed by atoms with Crippen LogP contribution in [0.15, 0.2) is 54.6 Å². The van der Waals surface area contributed by atoms with Crippen LogP contribution < -0.4 is 11.5 Å². The molecule has 0 aliphatic carbocycles. The molecule has 0 fully saturated rings. The van der Waals surface area contributed by atoms with Crippen LogP contribution in [-0.4, -0.2) is 6.29 Å². The van der Waals surface area contributed by atoms with E-state index in [0.29, 0.717) is 11.4 Å². The van der Waals surface area contributed by atoms with Gasteiger partial charge in [0.15, 0.2) is 0 Å². The summed E-state index contributed by atoms with van der Waals surface area (Å²) in [5.74, 6) is 0. The standard InChI is InChI=1S/C7H6O.C6H8N2/c8-6-7-4-2-1-3-5-7;7-5-2-1-3-6(8)4-5/h1-6H;1-4H,7-8H2. The SMILES string of the molecule is Nc1cccc(N)c1.O=Cc1ccccc1. The zero-order valence-corrected chi connectivity index (χ0v) is 8.84. The minimum atomic E-state index is 0.713. The summed E-state index contributed by atoms with van der Waals surface area (Å²) in [5.41, 5.74) is 12.9. The molecule has 82 valence electrons. The van der Waals surface area contributed by atoms with Crippen molar-refractivity contribution in [1.29, 1.82) is 0 Å². The highest BCUT2D eigenvalue weighted by atomic mass is 16.1. The molecule has 2 aromatic rings. The van der Waals surface area contributed by atoms with Crippen molar-refractivity contribution in [2.45, 2.75) is 0 Å². The first-order valence-electron chi connectivity index (χ1n) is 4.83. The average molecular weight is 214 g/mol. The van der Waals surface area contributed by atoms with Gasteiger partial charge in [0.05, 0.1) is 0 Å². The van der Waals surface area contributed by atoms with Gasteiger partial charge in [-0.25, -0.2) is 0 Å². The normalized spacial score (nSPS) is 8.75. The molecule has 2 aromatic carbocycles. The summed E-state index contributed by atoms with van der Waals surface area (Å²) in [4.78, 5) is 10.0. The second-order valence-electron chi connectivity index (χ2n) is 3.20. The molecular formula is C13H14N2O. The highest BCUT2D eigenvalue weighted by molar-refractivity contribution is 5.74. The van der Waals surface area contributed by atoms with Crippen molar-refractivity contribution >= 4 is 17.7 Å². The van der Waals surface area contributed by atoms with E-state index in [0.717, 1.165) is 11.8 Å². The fourth-order valence-electron chi connectivity index (χ4n) is 1.09. The largest absolute Gasteiger partial charge is 0.399 e. The van der Waals surface area contributed by atoms with E-state index < -0.39 is 0 Å². The Bertz CT molecular complexity index is 423. The van der Waals surface area contributed by atoms with Gasteiger partial charge in [0.1, 0.15) is 6.29 Å². The molecule has 0 atom stereocenters. The minimum Gasteiger partial charge on any atom is -0.399 e. The van der Waals surface area contributed by atoms with Crippen molar-refractivity contribution in [3.63, 3.8) is 0 Å². The van der Waals surface area contributed by atoms with E-state index in [1.54, 1.807) is 30.3 Å². The van der Waals surface area contributed by atoms with Crippen molar-refractivity contribution in [2.24, 2.45) is 0 Å². The summed E-state index contributed by atoms with van der Waals surface area (Å²) >= 11 is 0. The Balaban J connectivity index is 0.000000160. The number of rotatable bonds is 1. The zero-order chi connectivity index (χ0) is 11.8. The summed E-state index contributed by atoms with van der Waals surface area (Å²) in [6, 6.07) is 16.2. The Kier molecular flexibility index (Phi) is 4.60. The fraction of sp³-hybridized carbons (Fsp3) is 0. The molecule has 3 heteroatoms. The number of carbonyl (C=O) groups excluding carboxylic acids is 1. The number of nitrogens with two attached hydrogens (primary N) is 2. The van der Waals surface area contributed by atoms with Crippen LogP contribution in [0.1, 0.15) is 10.4 Å². The number of benzene rings is 2. The van der Waals surface area contributed by atoms with Gasteiger partial charge >= 0.3 is 0 Å². The molecule has 0 heterocycles. The molecule has 2 rings (SSSR count). The van der Waals surface area contributed by atoms with E-state index in [-0.39, 0.29) is 0 Å². The molecular weight excluding hydrogens is 200 g/mol. The third kappa shape index (κ3) is 4.28. The van der Waals surface area contributed by atoms with Crippen molar-refractivity contribution in [2.75, 3.05) is 11.5 Å². The fourth-order valence-corrected chi connectivity index (χ4v) is 1.09. The van der Waals surface area contributed by atoms with E-state index in [4.69, 9.17) is 11.5 Å². The van der Waals surface area contributed by atoms with Gasteiger partial charge in [-0.05, 0) is 18.2 Å². The van der Waals surface area contributed by atoms with Gasteiger partial charge in [0.2, 0.25) is 0 Å². The lowest BCUT2D eigenvalue weighted by atomic mass is 10.2. The van der Waals surface area contributed by atoms with Crippen molar-refractivity contribution < 1.29 is 4.79 Å². The molecule has 0 bridgehead atoms. The summed E-state index contributed by atoms with van der Waals surface area (Å²) in [6.07, 6.45) is 0.833. The monoisotopic (exact) mass is 214 g/mol. The van der Waals surface area contributed by atoms with Crippen LogP contribution in [0.3, 0.4) is 0 Å². The number of anilines is 2. The topological polar surface area (TPSA) is 69.1 Å². The van der Waals surface area contributed by atoms with Crippen LogP contribution in [0.25, 0.3) is 0 Å². The Hall–Kier alpha value is -2.29. The third-order valence-corrected chi connectivity index (χ3v) is 1.85. The van der Waals surface area contributed by atoms with Crippen LogP contribution in [0.5, 0.6) is 0 Å². The van der Waals surface area contributed by atoms with E-state index >= 15 is 0 Å². The van der Waals surface area contributed by atoms with Crippen LogP contribution >= 0.6 is 0 Å². The van der Waals surface area contributed by atoms with E-state index in [1.165, 1.54) is 0 Å². The lowest BCUT2D eigenvalue weighted by Gasteiger charge is -1.91. The van der Waals surface area contributed by atoms with Gasteiger partial charge in [0, 0.05) is 16.9 Å². The Morgan fingerprint density at radius 1 is 0.812 bits per heavy atom. The van der Waals surface area contributed by atoms with Gasteiger partial charge in [-0.15, -0.1) is 0 Å². The summed E-state index contributed by atoms with van der Waals surface area (Å²) < 4.78 is 0. The maximum atomic E-state index is 10.0. The van der Waals surface area contributed by atoms with Crippen LogP contribution in [0, 0.1) is 0 Å². The summed E-state index contributed by atoms with van der Waals surface area (Å²) in [6.45, 7) is 0.